The summed E-state index contributed by atoms with van der Waals surface area (Å²) in [5.74, 6) is -1.24. The van der Waals surface area contributed by atoms with E-state index in [-0.39, 0.29) is 27.8 Å². The maximum absolute atomic E-state index is 13.2. The molecule has 0 saturated heterocycles. The van der Waals surface area contributed by atoms with E-state index in [2.05, 4.69) is 59.0 Å². The molecule has 170 valence electrons. The monoisotopic (exact) mass is 443 g/mol. The number of nitrogens with zero attached hydrogens (tertiary/aromatic N) is 1. The van der Waals surface area contributed by atoms with Gasteiger partial charge in [-0.15, -0.1) is 0 Å². The van der Waals surface area contributed by atoms with Crippen molar-refractivity contribution in [3.05, 3.63) is 81.1 Å². The summed E-state index contributed by atoms with van der Waals surface area (Å²) in [7, 11) is 0. The minimum Gasteiger partial charge on any atom is -0.384 e. The minimum absolute atomic E-state index is 0.0126. The summed E-state index contributed by atoms with van der Waals surface area (Å²) >= 11 is 0. The van der Waals surface area contributed by atoms with Crippen LogP contribution in [0.2, 0.25) is 0 Å². The molecule has 3 aromatic rings. The van der Waals surface area contributed by atoms with Gasteiger partial charge in [0.25, 0.3) is 17.4 Å². The zero-order valence-electron chi connectivity index (χ0n) is 19.9. The second-order valence-electron chi connectivity index (χ2n) is 10.6. The van der Waals surface area contributed by atoms with Gasteiger partial charge >= 0.3 is 0 Å². The first-order chi connectivity index (χ1) is 15.3. The summed E-state index contributed by atoms with van der Waals surface area (Å²) in [5, 5.41) is 2.22. The molecule has 0 bridgehead atoms. The Labute approximate surface area is 193 Å². The minimum atomic E-state index is -0.604. The quantitative estimate of drug-likeness (QED) is 0.568. The summed E-state index contributed by atoms with van der Waals surface area (Å²) in [6.45, 7) is 12.7. The number of hydrogen-bond acceptors (Lipinski definition) is 4. The second-order valence-corrected chi connectivity index (χ2v) is 10.6. The van der Waals surface area contributed by atoms with Crippen molar-refractivity contribution in [3.63, 3.8) is 0 Å². The average molecular weight is 444 g/mol. The number of aromatic nitrogens is 1. The van der Waals surface area contributed by atoms with Crippen LogP contribution in [-0.4, -0.2) is 16.4 Å². The van der Waals surface area contributed by atoms with Crippen LogP contribution in [0.5, 0.6) is 0 Å². The molecule has 33 heavy (non-hydrogen) atoms. The molecule has 0 spiro atoms. The number of rotatable bonds is 2. The number of nitrogens with two attached hydrogens (primary N) is 1. The standard InChI is InChI=1S/C27H29N3O3/c1-26(2,3)16-9-7-15(8-10-16)18-12-11-17(27(4,5)6)13-20(18)30-21(31)14-19-22(23(30)28)25(33)29-24(19)32/h7-14H,28H2,1-6H3,(H,29,32,33). The zero-order valence-corrected chi connectivity index (χ0v) is 19.9. The molecule has 0 aliphatic carbocycles. The average Bonchev–Trinajstić information content (AvgIpc) is 3.00. The molecule has 2 amide bonds. The summed E-state index contributed by atoms with van der Waals surface area (Å²) < 4.78 is 1.33. The van der Waals surface area contributed by atoms with Gasteiger partial charge in [-0.25, -0.2) is 0 Å². The van der Waals surface area contributed by atoms with Gasteiger partial charge < -0.3 is 5.73 Å². The number of nitrogen functional groups attached to an aromatic ring is 1. The van der Waals surface area contributed by atoms with Gasteiger partial charge in [0.2, 0.25) is 0 Å². The Morgan fingerprint density at radius 3 is 1.88 bits per heavy atom. The first-order valence-electron chi connectivity index (χ1n) is 11.0. The highest BCUT2D eigenvalue weighted by Gasteiger charge is 2.32. The molecule has 4 rings (SSSR count). The maximum atomic E-state index is 13.2. The highest BCUT2D eigenvalue weighted by Crippen LogP contribution is 2.35. The molecule has 1 aliphatic rings. The highest BCUT2D eigenvalue weighted by atomic mass is 16.2. The molecular formula is C27H29N3O3. The van der Waals surface area contributed by atoms with Crippen LogP contribution in [0.3, 0.4) is 0 Å². The van der Waals surface area contributed by atoms with Gasteiger partial charge in [-0.3, -0.25) is 24.3 Å². The van der Waals surface area contributed by atoms with Gasteiger partial charge in [0.1, 0.15) is 5.82 Å². The Balaban J connectivity index is 2.01. The Morgan fingerprint density at radius 2 is 1.30 bits per heavy atom. The molecule has 1 aliphatic heterocycles. The third kappa shape index (κ3) is 3.86. The Kier molecular flexibility index (Phi) is 5.08. The molecule has 6 heteroatoms. The van der Waals surface area contributed by atoms with Crippen molar-refractivity contribution in [3.8, 4) is 16.8 Å². The number of hydrogen-bond donors (Lipinski definition) is 2. The van der Waals surface area contributed by atoms with E-state index in [0.717, 1.165) is 16.7 Å². The fraction of sp³-hybridized carbons (Fsp3) is 0.296. The van der Waals surface area contributed by atoms with Crippen LogP contribution >= 0.6 is 0 Å². The van der Waals surface area contributed by atoms with Crippen molar-refractivity contribution in [2.75, 3.05) is 5.73 Å². The molecule has 2 heterocycles. The van der Waals surface area contributed by atoms with Gasteiger partial charge in [0.05, 0.1) is 16.8 Å². The van der Waals surface area contributed by atoms with Crippen LogP contribution in [0.15, 0.2) is 53.3 Å². The van der Waals surface area contributed by atoms with Crippen molar-refractivity contribution >= 4 is 17.6 Å². The summed E-state index contributed by atoms with van der Waals surface area (Å²) in [6.07, 6.45) is 0. The number of amides is 2. The van der Waals surface area contributed by atoms with Gasteiger partial charge in [-0.1, -0.05) is 77.9 Å². The number of carbonyl (C=O) groups excluding carboxylic acids is 2. The zero-order chi connectivity index (χ0) is 24.3. The largest absolute Gasteiger partial charge is 0.384 e. The van der Waals surface area contributed by atoms with Crippen molar-refractivity contribution < 1.29 is 9.59 Å². The van der Waals surface area contributed by atoms with E-state index < -0.39 is 17.4 Å². The molecule has 0 unspecified atom stereocenters. The summed E-state index contributed by atoms with van der Waals surface area (Å²) in [6, 6.07) is 15.4. The molecule has 2 aromatic carbocycles. The fourth-order valence-electron chi connectivity index (χ4n) is 4.10. The third-order valence-electron chi connectivity index (χ3n) is 6.12. The van der Waals surface area contributed by atoms with E-state index in [1.54, 1.807) is 0 Å². The lowest BCUT2D eigenvalue weighted by molar-refractivity contribution is 0.0880. The molecule has 6 nitrogen and oxygen atoms in total. The van der Waals surface area contributed by atoms with Crippen molar-refractivity contribution in [2.24, 2.45) is 0 Å². The molecule has 0 atom stereocenters. The number of pyridine rings is 1. The van der Waals surface area contributed by atoms with Crippen LogP contribution in [0.4, 0.5) is 5.82 Å². The fourth-order valence-corrected chi connectivity index (χ4v) is 4.10. The van der Waals surface area contributed by atoms with E-state index in [1.807, 2.05) is 30.3 Å². The number of nitrogens with one attached hydrogen (secondary N) is 1. The Bertz CT molecular complexity index is 1350. The van der Waals surface area contributed by atoms with Crippen LogP contribution in [0, 0.1) is 0 Å². The SMILES string of the molecule is CC(C)(C)c1ccc(-c2ccc(C(C)(C)C)cc2-n2c(N)c3c(cc2=O)C(=O)NC3=O)cc1. The van der Waals surface area contributed by atoms with Crippen LogP contribution in [0.1, 0.15) is 73.4 Å². The number of fused-ring (bicyclic) bond motifs is 1. The topological polar surface area (TPSA) is 94.2 Å². The number of benzene rings is 2. The molecule has 0 fully saturated rings. The number of carbonyl (C=O) groups is 2. The van der Waals surface area contributed by atoms with Gasteiger partial charge in [-0.2, -0.15) is 0 Å². The normalized spacial score (nSPS) is 13.8. The van der Waals surface area contributed by atoms with E-state index in [1.165, 1.54) is 16.2 Å². The lowest BCUT2D eigenvalue weighted by Crippen LogP contribution is -2.25. The van der Waals surface area contributed by atoms with Crippen molar-refractivity contribution in [2.45, 2.75) is 52.4 Å². The van der Waals surface area contributed by atoms with Crippen LogP contribution < -0.4 is 16.6 Å². The summed E-state index contributed by atoms with van der Waals surface area (Å²) in [5.41, 5.74) is 10.3. The first kappa shape index (κ1) is 22.5. The van der Waals surface area contributed by atoms with E-state index in [4.69, 9.17) is 5.73 Å². The first-order valence-corrected chi connectivity index (χ1v) is 11.0. The van der Waals surface area contributed by atoms with Crippen molar-refractivity contribution in [1.82, 2.24) is 9.88 Å². The molecular weight excluding hydrogens is 414 g/mol. The lowest BCUT2D eigenvalue weighted by Gasteiger charge is -2.24. The summed E-state index contributed by atoms with van der Waals surface area (Å²) in [4.78, 5) is 37.6. The molecule has 1 aromatic heterocycles. The van der Waals surface area contributed by atoms with E-state index in [9.17, 15) is 14.4 Å². The highest BCUT2D eigenvalue weighted by molar-refractivity contribution is 6.23. The lowest BCUT2D eigenvalue weighted by atomic mass is 9.84. The predicted molar refractivity (Wildman–Crippen MR) is 131 cm³/mol. The van der Waals surface area contributed by atoms with E-state index in [0.29, 0.717) is 5.69 Å². The molecule has 3 N–H and O–H groups in total. The number of anilines is 1. The van der Waals surface area contributed by atoms with E-state index >= 15 is 0 Å². The van der Waals surface area contributed by atoms with Gasteiger partial charge in [-0.05, 0) is 33.6 Å². The predicted octanol–water partition coefficient (Wildman–Crippen LogP) is 4.57. The smallest absolute Gasteiger partial charge is 0.262 e. The Morgan fingerprint density at radius 1 is 0.727 bits per heavy atom. The maximum Gasteiger partial charge on any atom is 0.262 e. The van der Waals surface area contributed by atoms with Crippen molar-refractivity contribution in [1.29, 1.82) is 0 Å². The van der Waals surface area contributed by atoms with Crippen LogP contribution in [0.25, 0.3) is 16.8 Å². The molecule has 0 radical (unpaired) electrons. The second kappa shape index (κ2) is 7.44. The van der Waals surface area contributed by atoms with Crippen LogP contribution in [-0.2, 0) is 10.8 Å². The van der Waals surface area contributed by atoms with Gasteiger partial charge in [0, 0.05) is 11.6 Å². The third-order valence-corrected chi connectivity index (χ3v) is 6.12. The number of imide groups is 1. The molecule has 0 saturated carbocycles. The Hall–Kier alpha value is -3.67. The van der Waals surface area contributed by atoms with Gasteiger partial charge in [0.15, 0.2) is 0 Å².